The van der Waals surface area contributed by atoms with Gasteiger partial charge in [-0.1, -0.05) is 42.5 Å². The normalized spacial score (nSPS) is 11.6. The fourth-order valence-corrected chi connectivity index (χ4v) is 2.50. The summed E-state index contributed by atoms with van der Waals surface area (Å²) in [7, 11) is 0. The maximum atomic E-state index is 11.8. The molecule has 0 radical (unpaired) electrons. The summed E-state index contributed by atoms with van der Waals surface area (Å²) in [6.07, 6.45) is 1.13. The minimum atomic E-state index is -1.56. The number of fused-ring (bicyclic) bond motifs is 1. The Kier molecular flexibility index (Phi) is 4.16. The lowest BCUT2D eigenvalue weighted by Crippen LogP contribution is -2.03. The van der Waals surface area contributed by atoms with E-state index in [4.69, 9.17) is 14.6 Å². The molecule has 2 aromatic carbocycles. The van der Waals surface area contributed by atoms with Crippen molar-refractivity contribution in [2.75, 3.05) is 0 Å². The van der Waals surface area contributed by atoms with Crippen molar-refractivity contribution in [1.82, 2.24) is 0 Å². The van der Waals surface area contributed by atoms with Gasteiger partial charge in [0.1, 0.15) is 5.76 Å². The number of allylic oxidation sites excluding steroid dienone is 1. The monoisotopic (exact) mass is 322 g/mol. The molecule has 0 unspecified atom stereocenters. The summed E-state index contributed by atoms with van der Waals surface area (Å²) >= 11 is 0. The first-order chi connectivity index (χ1) is 11.5. The van der Waals surface area contributed by atoms with Crippen molar-refractivity contribution in [2.24, 2.45) is 0 Å². The highest BCUT2D eigenvalue weighted by molar-refractivity contribution is 6.06. The summed E-state index contributed by atoms with van der Waals surface area (Å²) in [5.41, 5.74) is 1.06. The molecule has 0 aliphatic rings. The van der Waals surface area contributed by atoms with Crippen molar-refractivity contribution >= 4 is 22.5 Å². The van der Waals surface area contributed by atoms with Crippen molar-refractivity contribution in [1.29, 1.82) is 0 Å². The third kappa shape index (κ3) is 3.20. The molecular weight excluding hydrogens is 308 g/mol. The molecule has 3 rings (SSSR count). The highest BCUT2D eigenvalue weighted by Gasteiger charge is 2.14. The number of rotatable bonds is 5. The van der Waals surface area contributed by atoms with Crippen molar-refractivity contribution in [3.8, 4) is 0 Å². The third-order valence-electron chi connectivity index (χ3n) is 3.64. The molecule has 0 spiro atoms. The SMILES string of the molecule is O=C(O)C(O)=CC(=O)c1ccc(Cc2cccc3ccccc23)o1. The fourth-order valence-electron chi connectivity index (χ4n) is 2.50. The summed E-state index contributed by atoms with van der Waals surface area (Å²) in [5.74, 6) is -2.71. The van der Waals surface area contributed by atoms with E-state index in [1.165, 1.54) is 6.07 Å². The first kappa shape index (κ1) is 15.6. The lowest BCUT2D eigenvalue weighted by molar-refractivity contribution is -0.135. The maximum Gasteiger partial charge on any atom is 0.371 e. The smallest absolute Gasteiger partial charge is 0.371 e. The highest BCUT2D eigenvalue weighted by atomic mass is 16.4. The minimum absolute atomic E-state index is 0.0157. The second kappa shape index (κ2) is 6.42. The van der Waals surface area contributed by atoms with Crippen LogP contribution in [0.15, 0.2) is 70.8 Å². The van der Waals surface area contributed by atoms with Gasteiger partial charge in [0.05, 0.1) is 0 Å². The molecule has 0 amide bonds. The molecule has 0 bridgehead atoms. The molecule has 5 nitrogen and oxygen atoms in total. The number of aliphatic hydroxyl groups is 1. The minimum Gasteiger partial charge on any atom is -0.502 e. The molecule has 24 heavy (non-hydrogen) atoms. The largest absolute Gasteiger partial charge is 0.502 e. The van der Waals surface area contributed by atoms with Crippen molar-refractivity contribution in [3.63, 3.8) is 0 Å². The Morgan fingerprint density at radius 1 is 0.958 bits per heavy atom. The van der Waals surface area contributed by atoms with Crippen LogP contribution in [0.1, 0.15) is 21.9 Å². The number of furan rings is 1. The molecule has 0 saturated heterocycles. The van der Waals surface area contributed by atoms with Crippen LogP contribution < -0.4 is 0 Å². The van der Waals surface area contributed by atoms with E-state index in [0.29, 0.717) is 18.3 Å². The standard InChI is InChI=1S/C19H14O5/c20-16(11-17(21)19(22)23)18-9-8-14(24-18)10-13-6-3-5-12-4-1-2-7-15(12)13/h1-9,11,21H,10H2,(H,22,23). The molecule has 0 aliphatic carbocycles. The summed E-state index contributed by atoms with van der Waals surface area (Å²) in [6, 6.07) is 17.1. The molecule has 2 N–H and O–H groups in total. The fraction of sp³-hybridized carbons (Fsp3) is 0.0526. The van der Waals surface area contributed by atoms with Gasteiger partial charge in [-0.05, 0) is 28.5 Å². The molecule has 0 aliphatic heterocycles. The average molecular weight is 322 g/mol. The lowest BCUT2D eigenvalue weighted by Gasteiger charge is -2.04. The number of aliphatic hydroxyl groups excluding tert-OH is 1. The van der Waals surface area contributed by atoms with E-state index >= 15 is 0 Å². The number of hydrogen-bond donors (Lipinski definition) is 2. The summed E-state index contributed by atoms with van der Waals surface area (Å²) < 4.78 is 5.48. The second-order valence-electron chi connectivity index (χ2n) is 5.28. The number of aliphatic carboxylic acids is 1. The summed E-state index contributed by atoms with van der Waals surface area (Å²) in [5, 5.41) is 19.9. The lowest BCUT2D eigenvalue weighted by atomic mass is 10.0. The summed E-state index contributed by atoms with van der Waals surface area (Å²) in [6.45, 7) is 0. The van der Waals surface area contributed by atoms with Gasteiger partial charge in [-0.2, -0.15) is 0 Å². The quantitative estimate of drug-likeness (QED) is 0.424. The van der Waals surface area contributed by atoms with Gasteiger partial charge in [0, 0.05) is 12.5 Å². The molecule has 1 heterocycles. The van der Waals surface area contributed by atoms with Crippen LogP contribution in [0.2, 0.25) is 0 Å². The molecular formula is C19H14O5. The zero-order chi connectivity index (χ0) is 17.1. The Labute approximate surface area is 137 Å². The van der Waals surface area contributed by atoms with Crippen LogP contribution in [0, 0.1) is 0 Å². The zero-order valence-corrected chi connectivity index (χ0v) is 12.6. The van der Waals surface area contributed by atoms with Gasteiger partial charge < -0.3 is 14.6 Å². The molecule has 5 heteroatoms. The first-order valence-electron chi connectivity index (χ1n) is 7.28. The van der Waals surface area contributed by atoms with Crippen molar-refractivity contribution < 1.29 is 24.2 Å². The number of ketones is 1. The number of carboxylic acids is 1. The molecule has 0 saturated carbocycles. The predicted octanol–water partition coefficient (Wildman–Crippen LogP) is 3.73. The van der Waals surface area contributed by atoms with Crippen LogP contribution in [0.4, 0.5) is 0 Å². The van der Waals surface area contributed by atoms with Crippen LogP contribution in [-0.2, 0) is 11.2 Å². The van der Waals surface area contributed by atoms with Crippen molar-refractivity contribution in [3.05, 3.63) is 83.5 Å². The molecule has 0 fully saturated rings. The number of carbonyl (C=O) groups is 2. The van der Waals surface area contributed by atoms with Gasteiger partial charge in [-0.15, -0.1) is 0 Å². The third-order valence-corrected chi connectivity index (χ3v) is 3.64. The van der Waals surface area contributed by atoms with Crippen molar-refractivity contribution in [2.45, 2.75) is 6.42 Å². The number of hydrogen-bond acceptors (Lipinski definition) is 4. The van der Waals surface area contributed by atoms with E-state index in [1.807, 2.05) is 42.5 Å². The Hall–Kier alpha value is -3.34. The highest BCUT2D eigenvalue weighted by Crippen LogP contribution is 2.22. The van der Waals surface area contributed by atoms with Gasteiger partial charge in [0.25, 0.3) is 0 Å². The Morgan fingerprint density at radius 3 is 2.50 bits per heavy atom. The van der Waals surface area contributed by atoms with Crippen LogP contribution in [-0.4, -0.2) is 22.0 Å². The van der Waals surface area contributed by atoms with E-state index < -0.39 is 17.5 Å². The predicted molar refractivity (Wildman–Crippen MR) is 88.1 cm³/mol. The summed E-state index contributed by atoms with van der Waals surface area (Å²) in [4.78, 5) is 22.4. The Bertz CT molecular complexity index is 944. The van der Waals surface area contributed by atoms with Crippen LogP contribution >= 0.6 is 0 Å². The average Bonchev–Trinajstić information content (AvgIpc) is 3.04. The molecule has 120 valence electrons. The van der Waals surface area contributed by atoms with E-state index in [-0.39, 0.29) is 5.76 Å². The zero-order valence-electron chi connectivity index (χ0n) is 12.6. The maximum absolute atomic E-state index is 11.8. The van der Waals surface area contributed by atoms with Crippen LogP contribution in [0.25, 0.3) is 10.8 Å². The Balaban J connectivity index is 1.85. The first-order valence-corrected chi connectivity index (χ1v) is 7.28. The number of carboxylic acid groups (broad SMARTS) is 1. The topological polar surface area (TPSA) is 87.7 Å². The van der Waals surface area contributed by atoms with Gasteiger partial charge in [0.2, 0.25) is 11.5 Å². The molecule has 0 atom stereocenters. The second-order valence-corrected chi connectivity index (χ2v) is 5.28. The molecule has 3 aromatic rings. The Morgan fingerprint density at radius 2 is 1.71 bits per heavy atom. The van der Waals surface area contributed by atoms with Gasteiger partial charge in [0.15, 0.2) is 5.76 Å². The van der Waals surface area contributed by atoms with E-state index in [2.05, 4.69) is 0 Å². The molecule has 1 aromatic heterocycles. The van der Waals surface area contributed by atoms with Gasteiger partial charge >= 0.3 is 5.97 Å². The van der Waals surface area contributed by atoms with E-state index in [0.717, 1.165) is 16.3 Å². The van der Waals surface area contributed by atoms with Crippen LogP contribution in [0.3, 0.4) is 0 Å². The van der Waals surface area contributed by atoms with E-state index in [1.54, 1.807) is 6.07 Å². The van der Waals surface area contributed by atoms with Crippen LogP contribution in [0.5, 0.6) is 0 Å². The van der Waals surface area contributed by atoms with E-state index in [9.17, 15) is 9.59 Å². The number of carbonyl (C=O) groups excluding carboxylic acids is 1. The number of benzene rings is 2. The van der Waals surface area contributed by atoms with Gasteiger partial charge in [-0.3, -0.25) is 4.79 Å². The van der Waals surface area contributed by atoms with Gasteiger partial charge in [-0.25, -0.2) is 4.79 Å².